The fourth-order valence-corrected chi connectivity index (χ4v) is 4.66. The summed E-state index contributed by atoms with van der Waals surface area (Å²) in [6.07, 6.45) is 1.80. The molecule has 0 amide bonds. The Morgan fingerprint density at radius 3 is 1.84 bits per heavy atom. The number of fused-ring (bicyclic) bond motifs is 8. The molecule has 154 valence electrons. The predicted molar refractivity (Wildman–Crippen MR) is 131 cm³/mol. The van der Waals surface area contributed by atoms with Gasteiger partial charge in [-0.2, -0.15) is 0 Å². The number of hydrogen-bond donors (Lipinski definition) is 0. The van der Waals surface area contributed by atoms with Crippen LogP contribution in [0.2, 0.25) is 0 Å². The van der Waals surface area contributed by atoms with E-state index >= 15 is 0 Å². The van der Waals surface area contributed by atoms with E-state index in [-0.39, 0.29) is 0 Å². The quantitative estimate of drug-likeness (QED) is 0.299. The zero-order chi connectivity index (χ0) is 21.7. The zero-order valence-electron chi connectivity index (χ0n) is 17.8. The molecular formula is C28H20N2O2. The average molecular weight is 416 g/mol. The molecule has 0 radical (unpaired) electrons. The minimum Gasteiger partial charge on any atom is -0.493 e. The maximum absolute atomic E-state index is 5.68. The highest BCUT2D eigenvalue weighted by molar-refractivity contribution is 6.31. The van der Waals surface area contributed by atoms with E-state index in [4.69, 9.17) is 14.5 Å². The van der Waals surface area contributed by atoms with E-state index in [0.717, 1.165) is 38.4 Å². The fraction of sp³-hybridized carbons (Fsp3) is 0.0714. The van der Waals surface area contributed by atoms with Crippen molar-refractivity contribution in [3.63, 3.8) is 0 Å². The molecule has 0 aliphatic rings. The monoisotopic (exact) mass is 416 g/mol. The fourth-order valence-electron chi connectivity index (χ4n) is 4.66. The van der Waals surface area contributed by atoms with Crippen molar-refractivity contribution in [3.05, 3.63) is 85.1 Å². The summed E-state index contributed by atoms with van der Waals surface area (Å²) in [5.41, 5.74) is 2.61. The average Bonchev–Trinajstić information content (AvgIpc) is 2.87. The highest BCUT2D eigenvalue weighted by Gasteiger charge is 2.19. The Morgan fingerprint density at radius 2 is 1.19 bits per heavy atom. The van der Waals surface area contributed by atoms with E-state index in [1.54, 1.807) is 20.4 Å². The smallest absolute Gasteiger partial charge is 0.161 e. The van der Waals surface area contributed by atoms with Gasteiger partial charge in [-0.1, -0.05) is 54.6 Å². The van der Waals surface area contributed by atoms with Gasteiger partial charge in [0, 0.05) is 22.4 Å². The van der Waals surface area contributed by atoms with Crippen molar-refractivity contribution >= 4 is 43.2 Å². The number of hydrogen-bond acceptors (Lipinski definition) is 4. The predicted octanol–water partition coefficient (Wildman–Crippen LogP) is 6.77. The lowest BCUT2D eigenvalue weighted by molar-refractivity contribution is 0.356. The molecule has 4 aromatic carbocycles. The first kappa shape index (κ1) is 18.6. The van der Waals surface area contributed by atoms with Gasteiger partial charge in [0.2, 0.25) is 0 Å². The summed E-state index contributed by atoms with van der Waals surface area (Å²) in [7, 11) is 3.32. The first-order valence-corrected chi connectivity index (χ1v) is 10.5. The van der Waals surface area contributed by atoms with E-state index in [9.17, 15) is 0 Å². The van der Waals surface area contributed by atoms with Crippen LogP contribution in [-0.2, 0) is 0 Å². The van der Waals surface area contributed by atoms with Gasteiger partial charge in [-0.15, -0.1) is 0 Å². The second-order valence-corrected chi connectivity index (χ2v) is 7.74. The summed E-state index contributed by atoms with van der Waals surface area (Å²) in [6, 6.07) is 26.9. The van der Waals surface area contributed by atoms with Gasteiger partial charge < -0.3 is 9.47 Å². The minimum absolute atomic E-state index is 0.670. The van der Waals surface area contributed by atoms with Crippen molar-refractivity contribution < 1.29 is 9.47 Å². The molecule has 2 heterocycles. The molecule has 0 bridgehead atoms. The Morgan fingerprint density at radius 1 is 0.594 bits per heavy atom. The summed E-state index contributed by atoms with van der Waals surface area (Å²) in [5.74, 6) is 1.36. The maximum Gasteiger partial charge on any atom is 0.161 e. The second kappa shape index (κ2) is 7.20. The Kier molecular flexibility index (Phi) is 4.18. The topological polar surface area (TPSA) is 44.2 Å². The van der Waals surface area contributed by atoms with Crippen molar-refractivity contribution in [2.75, 3.05) is 14.2 Å². The molecule has 0 fully saturated rings. The minimum atomic E-state index is 0.670. The standard InChI is InChI=1S/C28H20N2O2/c1-31-24-15-21-22(16-25(24)32-2)27(23-13-7-8-14-29-23)30-28-20-12-6-4-10-18(20)17-9-3-5-11-19(17)26(21)28/h3-16H,1-2H3. The lowest BCUT2D eigenvalue weighted by Gasteiger charge is -2.17. The van der Waals surface area contributed by atoms with Crippen LogP contribution in [0.25, 0.3) is 54.6 Å². The van der Waals surface area contributed by atoms with Crippen molar-refractivity contribution in [2.45, 2.75) is 0 Å². The third-order valence-electron chi connectivity index (χ3n) is 6.08. The first-order chi connectivity index (χ1) is 15.8. The number of rotatable bonds is 3. The summed E-state index contributed by atoms with van der Waals surface area (Å²) < 4.78 is 11.3. The number of benzene rings is 4. The molecule has 0 unspecified atom stereocenters. The molecule has 0 saturated heterocycles. The van der Waals surface area contributed by atoms with Crippen LogP contribution >= 0.6 is 0 Å². The molecule has 0 atom stereocenters. The lowest BCUT2D eigenvalue weighted by atomic mass is 9.92. The molecule has 4 heteroatoms. The Hall–Kier alpha value is -4.18. The normalized spacial score (nSPS) is 11.4. The maximum atomic E-state index is 5.68. The summed E-state index contributed by atoms with van der Waals surface area (Å²) in [6.45, 7) is 0. The van der Waals surface area contributed by atoms with Crippen LogP contribution in [0.3, 0.4) is 0 Å². The van der Waals surface area contributed by atoms with Crippen LogP contribution in [0.15, 0.2) is 85.1 Å². The van der Waals surface area contributed by atoms with Gasteiger partial charge in [-0.25, -0.2) is 4.98 Å². The molecule has 4 nitrogen and oxygen atoms in total. The molecule has 0 aliphatic carbocycles. The van der Waals surface area contributed by atoms with Crippen molar-refractivity contribution in [2.24, 2.45) is 0 Å². The second-order valence-electron chi connectivity index (χ2n) is 7.74. The Balaban J connectivity index is 1.94. The van der Waals surface area contributed by atoms with Gasteiger partial charge in [-0.05, 0) is 45.8 Å². The highest BCUT2D eigenvalue weighted by atomic mass is 16.5. The molecule has 0 spiro atoms. The van der Waals surface area contributed by atoms with E-state index in [1.807, 2.05) is 24.3 Å². The van der Waals surface area contributed by atoms with Gasteiger partial charge in [0.15, 0.2) is 11.5 Å². The number of nitrogens with zero attached hydrogens (tertiary/aromatic N) is 2. The van der Waals surface area contributed by atoms with E-state index in [2.05, 4.69) is 59.6 Å². The summed E-state index contributed by atoms with van der Waals surface area (Å²) in [5, 5.41) is 7.84. The molecule has 6 rings (SSSR count). The lowest BCUT2D eigenvalue weighted by Crippen LogP contribution is -1.96. The number of pyridine rings is 2. The van der Waals surface area contributed by atoms with E-state index in [0.29, 0.717) is 11.5 Å². The van der Waals surface area contributed by atoms with Crippen LogP contribution in [0.5, 0.6) is 11.5 Å². The molecule has 6 aromatic rings. The molecule has 0 aliphatic heterocycles. The van der Waals surface area contributed by atoms with Crippen LogP contribution in [-0.4, -0.2) is 24.2 Å². The van der Waals surface area contributed by atoms with Gasteiger partial charge in [-0.3, -0.25) is 4.98 Å². The Labute approximate surface area is 185 Å². The summed E-state index contributed by atoms with van der Waals surface area (Å²) in [4.78, 5) is 9.84. The van der Waals surface area contributed by atoms with Crippen molar-refractivity contribution in [3.8, 4) is 22.9 Å². The molecular weight excluding hydrogens is 396 g/mol. The van der Waals surface area contributed by atoms with Crippen LogP contribution in [0.1, 0.15) is 0 Å². The van der Waals surface area contributed by atoms with E-state index < -0.39 is 0 Å². The first-order valence-electron chi connectivity index (χ1n) is 10.5. The number of methoxy groups -OCH3 is 2. The van der Waals surface area contributed by atoms with E-state index in [1.165, 1.54) is 16.2 Å². The van der Waals surface area contributed by atoms with Gasteiger partial charge in [0.05, 0.1) is 31.1 Å². The van der Waals surface area contributed by atoms with Crippen LogP contribution in [0, 0.1) is 0 Å². The molecule has 32 heavy (non-hydrogen) atoms. The SMILES string of the molecule is COc1cc2c(-c3ccccn3)nc3c4ccccc4c4ccccc4c3c2cc1OC. The molecule has 0 N–H and O–H groups in total. The van der Waals surface area contributed by atoms with Crippen LogP contribution < -0.4 is 9.47 Å². The largest absolute Gasteiger partial charge is 0.493 e. The third kappa shape index (κ3) is 2.63. The summed E-state index contributed by atoms with van der Waals surface area (Å²) >= 11 is 0. The zero-order valence-corrected chi connectivity index (χ0v) is 17.8. The van der Waals surface area contributed by atoms with Gasteiger partial charge >= 0.3 is 0 Å². The number of aromatic nitrogens is 2. The number of ether oxygens (including phenoxy) is 2. The third-order valence-corrected chi connectivity index (χ3v) is 6.08. The highest BCUT2D eigenvalue weighted by Crippen LogP contribution is 2.43. The van der Waals surface area contributed by atoms with Gasteiger partial charge in [0.25, 0.3) is 0 Å². The Bertz CT molecular complexity index is 1640. The molecule has 2 aromatic heterocycles. The van der Waals surface area contributed by atoms with Crippen LogP contribution in [0.4, 0.5) is 0 Å². The van der Waals surface area contributed by atoms with Crippen molar-refractivity contribution in [1.29, 1.82) is 0 Å². The van der Waals surface area contributed by atoms with Crippen molar-refractivity contribution in [1.82, 2.24) is 9.97 Å². The van der Waals surface area contributed by atoms with Gasteiger partial charge in [0.1, 0.15) is 0 Å². The molecule has 0 saturated carbocycles.